The lowest BCUT2D eigenvalue weighted by Gasteiger charge is -2.10. The van der Waals surface area contributed by atoms with Crippen molar-refractivity contribution in [2.45, 2.75) is 25.3 Å². The fraction of sp³-hybridized carbons (Fsp3) is 0.500. The topological polar surface area (TPSA) is 44.5 Å². The molecule has 1 saturated carbocycles. The van der Waals surface area contributed by atoms with E-state index in [1.165, 1.54) is 18.4 Å². The van der Waals surface area contributed by atoms with Crippen LogP contribution in [0.25, 0.3) is 0 Å². The lowest BCUT2D eigenvalue weighted by Crippen LogP contribution is -2.24. The maximum absolute atomic E-state index is 6.08. The Hall–Kier alpha value is -1.22. The normalized spacial score (nSPS) is 20.3. The van der Waals surface area contributed by atoms with Crippen molar-refractivity contribution in [3.05, 3.63) is 23.8 Å². The zero-order valence-electron chi connectivity index (χ0n) is 8.61. The van der Waals surface area contributed by atoms with Crippen molar-refractivity contribution in [2.24, 2.45) is 11.7 Å². The van der Waals surface area contributed by atoms with Gasteiger partial charge in [-0.15, -0.1) is 0 Å². The molecule has 1 aromatic rings. The predicted octanol–water partition coefficient (Wildman–Crippen LogP) is 1.70. The molecule has 0 spiro atoms. The summed E-state index contributed by atoms with van der Waals surface area (Å²) in [5.41, 5.74) is 7.33. The van der Waals surface area contributed by atoms with E-state index >= 15 is 0 Å². The standard InChI is InChI=1S/C12H15NO2/c13-10(9-2-3-9)5-8-1-4-11-12(6-8)15-7-14-11/h1,4,6,9-10H,2-3,5,7,13H2. The van der Waals surface area contributed by atoms with Crippen molar-refractivity contribution < 1.29 is 9.47 Å². The van der Waals surface area contributed by atoms with Crippen LogP contribution in [0.5, 0.6) is 11.5 Å². The molecule has 3 heteroatoms. The molecular formula is C12H15NO2. The molecule has 1 aliphatic carbocycles. The van der Waals surface area contributed by atoms with E-state index in [2.05, 4.69) is 6.07 Å². The van der Waals surface area contributed by atoms with Gasteiger partial charge in [-0.1, -0.05) is 6.07 Å². The molecule has 0 bridgehead atoms. The van der Waals surface area contributed by atoms with Crippen LogP contribution in [0, 0.1) is 5.92 Å². The smallest absolute Gasteiger partial charge is 0.231 e. The lowest BCUT2D eigenvalue weighted by molar-refractivity contribution is 0.174. The highest BCUT2D eigenvalue weighted by Crippen LogP contribution is 2.35. The Labute approximate surface area is 89.2 Å². The molecule has 1 aromatic carbocycles. The number of ether oxygens (including phenoxy) is 2. The molecule has 2 N–H and O–H groups in total. The molecule has 0 radical (unpaired) electrons. The molecule has 1 heterocycles. The second-order valence-corrected chi connectivity index (χ2v) is 4.39. The molecule has 1 aliphatic heterocycles. The van der Waals surface area contributed by atoms with Crippen molar-refractivity contribution in [2.75, 3.05) is 6.79 Å². The molecule has 3 rings (SSSR count). The van der Waals surface area contributed by atoms with Crippen LogP contribution in [0.15, 0.2) is 18.2 Å². The number of nitrogens with two attached hydrogens (primary N) is 1. The van der Waals surface area contributed by atoms with E-state index < -0.39 is 0 Å². The number of fused-ring (bicyclic) bond motifs is 1. The van der Waals surface area contributed by atoms with E-state index in [1.54, 1.807) is 0 Å². The highest BCUT2D eigenvalue weighted by Gasteiger charge is 2.28. The van der Waals surface area contributed by atoms with Gasteiger partial charge in [0.2, 0.25) is 6.79 Å². The Bertz CT molecular complexity index is 374. The van der Waals surface area contributed by atoms with E-state index in [0.717, 1.165) is 23.8 Å². The van der Waals surface area contributed by atoms with Crippen LogP contribution in [0.1, 0.15) is 18.4 Å². The molecule has 80 valence electrons. The van der Waals surface area contributed by atoms with Gasteiger partial charge in [0.1, 0.15) is 0 Å². The fourth-order valence-corrected chi connectivity index (χ4v) is 2.03. The minimum Gasteiger partial charge on any atom is -0.454 e. The first kappa shape index (κ1) is 9.04. The van der Waals surface area contributed by atoms with Crippen molar-refractivity contribution in [3.8, 4) is 11.5 Å². The molecule has 15 heavy (non-hydrogen) atoms. The van der Waals surface area contributed by atoms with E-state index in [-0.39, 0.29) is 0 Å². The van der Waals surface area contributed by atoms with Gasteiger partial charge in [-0.05, 0) is 42.9 Å². The van der Waals surface area contributed by atoms with Gasteiger partial charge in [-0.2, -0.15) is 0 Å². The maximum Gasteiger partial charge on any atom is 0.231 e. The first-order valence-corrected chi connectivity index (χ1v) is 5.47. The third-order valence-electron chi connectivity index (χ3n) is 3.14. The molecule has 2 aliphatic rings. The van der Waals surface area contributed by atoms with Gasteiger partial charge in [0.25, 0.3) is 0 Å². The second-order valence-electron chi connectivity index (χ2n) is 4.39. The van der Waals surface area contributed by atoms with Gasteiger partial charge in [0, 0.05) is 6.04 Å². The zero-order valence-corrected chi connectivity index (χ0v) is 8.61. The summed E-state index contributed by atoms with van der Waals surface area (Å²) in [5, 5.41) is 0. The third kappa shape index (κ3) is 1.79. The van der Waals surface area contributed by atoms with Gasteiger partial charge in [-0.25, -0.2) is 0 Å². The van der Waals surface area contributed by atoms with E-state index in [4.69, 9.17) is 15.2 Å². The van der Waals surface area contributed by atoms with Crippen molar-refractivity contribution in [1.29, 1.82) is 0 Å². The summed E-state index contributed by atoms with van der Waals surface area (Å²) in [4.78, 5) is 0. The van der Waals surface area contributed by atoms with Crippen LogP contribution >= 0.6 is 0 Å². The number of rotatable bonds is 3. The van der Waals surface area contributed by atoms with Crippen LogP contribution in [-0.2, 0) is 6.42 Å². The first-order valence-electron chi connectivity index (χ1n) is 5.47. The van der Waals surface area contributed by atoms with Crippen LogP contribution in [-0.4, -0.2) is 12.8 Å². The zero-order chi connectivity index (χ0) is 10.3. The summed E-state index contributed by atoms with van der Waals surface area (Å²) in [6.07, 6.45) is 3.54. The van der Waals surface area contributed by atoms with E-state index in [1.807, 2.05) is 12.1 Å². The van der Waals surface area contributed by atoms with Crippen LogP contribution in [0.3, 0.4) is 0 Å². The molecule has 0 amide bonds. The molecule has 1 atom stereocenters. The largest absolute Gasteiger partial charge is 0.454 e. The summed E-state index contributed by atoms with van der Waals surface area (Å²) in [6, 6.07) is 6.41. The molecular weight excluding hydrogens is 190 g/mol. The Morgan fingerprint density at radius 1 is 1.27 bits per heavy atom. The number of benzene rings is 1. The average molecular weight is 205 g/mol. The van der Waals surface area contributed by atoms with Crippen LogP contribution in [0.2, 0.25) is 0 Å². The van der Waals surface area contributed by atoms with Crippen LogP contribution < -0.4 is 15.2 Å². The first-order chi connectivity index (χ1) is 7.33. The van der Waals surface area contributed by atoms with E-state index in [0.29, 0.717) is 12.8 Å². The minimum atomic E-state index is 0.311. The summed E-state index contributed by atoms with van der Waals surface area (Å²) in [5.74, 6) is 2.45. The Balaban J connectivity index is 1.74. The highest BCUT2D eigenvalue weighted by molar-refractivity contribution is 5.44. The van der Waals surface area contributed by atoms with Crippen molar-refractivity contribution in [1.82, 2.24) is 0 Å². The number of hydrogen-bond acceptors (Lipinski definition) is 3. The minimum absolute atomic E-state index is 0.311. The quantitative estimate of drug-likeness (QED) is 0.816. The number of hydrogen-bond donors (Lipinski definition) is 1. The monoisotopic (exact) mass is 205 g/mol. The van der Waals surface area contributed by atoms with Gasteiger partial charge < -0.3 is 15.2 Å². The summed E-state index contributed by atoms with van der Waals surface area (Å²) < 4.78 is 10.6. The van der Waals surface area contributed by atoms with Gasteiger partial charge in [0.05, 0.1) is 0 Å². The molecule has 3 nitrogen and oxygen atoms in total. The summed E-state index contributed by atoms with van der Waals surface area (Å²) in [6.45, 7) is 0.341. The molecule has 0 aromatic heterocycles. The van der Waals surface area contributed by atoms with Crippen LogP contribution in [0.4, 0.5) is 0 Å². The Kier molecular flexibility index (Phi) is 2.06. The Morgan fingerprint density at radius 3 is 2.87 bits per heavy atom. The predicted molar refractivity (Wildman–Crippen MR) is 57.0 cm³/mol. The molecule has 1 unspecified atom stereocenters. The van der Waals surface area contributed by atoms with E-state index in [9.17, 15) is 0 Å². The van der Waals surface area contributed by atoms with Gasteiger partial charge in [-0.3, -0.25) is 0 Å². The molecule has 1 fully saturated rings. The highest BCUT2D eigenvalue weighted by atomic mass is 16.7. The average Bonchev–Trinajstić information content (AvgIpc) is 2.98. The lowest BCUT2D eigenvalue weighted by atomic mass is 10.0. The molecule has 0 saturated heterocycles. The van der Waals surface area contributed by atoms with Gasteiger partial charge in [0.15, 0.2) is 11.5 Å². The Morgan fingerprint density at radius 2 is 2.07 bits per heavy atom. The fourth-order valence-electron chi connectivity index (χ4n) is 2.03. The summed E-state index contributed by atoms with van der Waals surface area (Å²) in [7, 11) is 0. The van der Waals surface area contributed by atoms with Gasteiger partial charge >= 0.3 is 0 Å². The maximum atomic E-state index is 6.08. The van der Waals surface area contributed by atoms with Crippen molar-refractivity contribution in [3.63, 3.8) is 0 Å². The second kappa shape index (κ2) is 3.42. The van der Waals surface area contributed by atoms with Crippen molar-refractivity contribution >= 4 is 0 Å². The SMILES string of the molecule is NC(Cc1ccc2c(c1)OCO2)C1CC1. The third-order valence-corrected chi connectivity index (χ3v) is 3.14. The summed E-state index contributed by atoms with van der Waals surface area (Å²) >= 11 is 0.